The van der Waals surface area contributed by atoms with E-state index in [1.54, 1.807) is 4.58 Å². The molecule has 0 radical (unpaired) electrons. The molecule has 0 spiro atoms. The first-order valence-corrected chi connectivity index (χ1v) is 17.7. The lowest BCUT2D eigenvalue weighted by atomic mass is 9.36. The fourth-order valence-electron chi connectivity index (χ4n) is 11.5. The second-order valence-electron chi connectivity index (χ2n) is 17.2. The van der Waals surface area contributed by atoms with Crippen molar-refractivity contribution in [3.63, 3.8) is 0 Å². The maximum absolute atomic E-state index is 13.1. The Morgan fingerprint density at radius 3 is 2.44 bits per heavy atom. The van der Waals surface area contributed by atoms with Crippen molar-refractivity contribution >= 4 is 24.1 Å². The van der Waals surface area contributed by atoms with Gasteiger partial charge in [0, 0.05) is 18.1 Å². The van der Waals surface area contributed by atoms with Crippen LogP contribution in [0.25, 0.3) is 0 Å². The van der Waals surface area contributed by atoms with Crippen molar-refractivity contribution < 1.29 is 14.2 Å². The predicted octanol–water partition coefficient (Wildman–Crippen LogP) is 7.81. The summed E-state index contributed by atoms with van der Waals surface area (Å²) < 4.78 is 1.58. The fraction of sp³-hybridized carbons (Fsp3) is 0.842. The van der Waals surface area contributed by atoms with Crippen molar-refractivity contribution in [1.82, 2.24) is 5.32 Å². The van der Waals surface area contributed by atoms with Crippen LogP contribution < -0.4 is 5.32 Å². The van der Waals surface area contributed by atoms with E-state index in [1.165, 1.54) is 69.1 Å². The summed E-state index contributed by atoms with van der Waals surface area (Å²) in [5, 5.41) is 3.47. The van der Waals surface area contributed by atoms with Crippen LogP contribution in [0, 0.1) is 45.3 Å². The van der Waals surface area contributed by atoms with Crippen LogP contribution in [0.5, 0.6) is 0 Å². The summed E-state index contributed by atoms with van der Waals surface area (Å²) in [5.41, 5.74) is 4.10. The highest BCUT2D eigenvalue weighted by Gasteiger charge is 2.67. The summed E-state index contributed by atoms with van der Waals surface area (Å²) in [6.07, 6.45) is 14.9. The van der Waals surface area contributed by atoms with Gasteiger partial charge in [0.2, 0.25) is 0 Å². The van der Waals surface area contributed by atoms with Gasteiger partial charge in [0.15, 0.2) is 13.1 Å². The Bertz CT molecular complexity index is 1170. The second-order valence-corrected chi connectivity index (χ2v) is 17.2. The largest absolute Gasteiger partial charge is 0.407 e. The zero-order chi connectivity index (χ0) is 31.4. The van der Waals surface area contributed by atoms with Crippen molar-refractivity contribution in [2.75, 3.05) is 13.1 Å². The number of hydrogen-bond donors (Lipinski definition) is 1. The van der Waals surface area contributed by atoms with Crippen molar-refractivity contribution in [1.29, 1.82) is 0 Å². The summed E-state index contributed by atoms with van der Waals surface area (Å²) in [6, 6.07) is 0.0602. The standard InChI is InChI=1S/C38H62N3O2/c1-25(2)10-14-31(42)30-13-11-28(40-30)24-41(9)34(43)23-39-27(4)29-12-15-32-36(29,6)18-17-33-37(32,7)21-20-35(5)22-26(3)16-19-38(33,35)8/h25,28-30,32-33,40H,3,9-24H2,1-2,4-8H3/q+1/t28?,29-,30?,32-,33+,35+,36-,37+,38-/m1/s1. The summed E-state index contributed by atoms with van der Waals surface area (Å²) in [6.45, 7) is 26.2. The van der Waals surface area contributed by atoms with Crippen molar-refractivity contribution in [2.24, 2.45) is 50.3 Å². The minimum Gasteiger partial charge on any atom is -0.299 e. The molecular formula is C38H62N3O2+. The van der Waals surface area contributed by atoms with E-state index < -0.39 is 0 Å². The Hall–Kier alpha value is -1.62. The Labute approximate surface area is 262 Å². The molecule has 1 heterocycles. The molecule has 5 rings (SSSR count). The lowest BCUT2D eigenvalue weighted by Gasteiger charge is -2.69. The Kier molecular flexibility index (Phi) is 9.11. The van der Waals surface area contributed by atoms with Crippen LogP contribution in [0.4, 0.5) is 0 Å². The van der Waals surface area contributed by atoms with E-state index in [4.69, 9.17) is 4.99 Å². The normalized spacial score (nSPS) is 42.8. The van der Waals surface area contributed by atoms with E-state index in [1.807, 2.05) is 0 Å². The molecule has 1 amide bonds. The predicted molar refractivity (Wildman–Crippen MR) is 178 cm³/mol. The van der Waals surface area contributed by atoms with E-state index in [-0.39, 0.29) is 30.0 Å². The average Bonchev–Trinajstić information content (AvgIpc) is 3.56. The average molecular weight is 593 g/mol. The number of amides is 1. The molecule has 2 unspecified atom stereocenters. The van der Waals surface area contributed by atoms with E-state index in [2.05, 4.69) is 67.1 Å². The number of ketones is 1. The lowest BCUT2D eigenvalue weighted by Crippen LogP contribution is -2.61. The second kappa shape index (κ2) is 12.0. The van der Waals surface area contributed by atoms with E-state index in [0.717, 1.165) is 31.1 Å². The third-order valence-electron chi connectivity index (χ3n) is 14.3. The Morgan fingerprint density at radius 2 is 1.72 bits per heavy atom. The summed E-state index contributed by atoms with van der Waals surface area (Å²) in [7, 11) is 0. The molecule has 5 heteroatoms. The number of hydrogen-bond acceptors (Lipinski definition) is 4. The topological polar surface area (TPSA) is 61.5 Å². The van der Waals surface area contributed by atoms with Gasteiger partial charge in [-0.25, -0.2) is 4.79 Å². The molecule has 4 saturated carbocycles. The van der Waals surface area contributed by atoms with Crippen LogP contribution in [-0.2, 0) is 9.59 Å². The summed E-state index contributed by atoms with van der Waals surface area (Å²) >= 11 is 0. The third-order valence-corrected chi connectivity index (χ3v) is 14.3. The van der Waals surface area contributed by atoms with Crippen LogP contribution in [0.1, 0.15) is 132 Å². The van der Waals surface area contributed by atoms with E-state index in [0.29, 0.717) is 46.8 Å². The van der Waals surface area contributed by atoms with Crippen LogP contribution in [-0.4, -0.2) is 53.9 Å². The summed E-state index contributed by atoms with van der Waals surface area (Å²) in [4.78, 5) is 30.6. The number of Topliss-reactive ketones (excluding diaryl/α,β-unsaturated/α-hetero) is 1. The highest BCUT2D eigenvalue weighted by molar-refractivity contribution is 5.87. The number of rotatable bonds is 9. The smallest absolute Gasteiger partial charge is 0.299 e. The molecule has 5 aliphatic rings. The molecule has 0 aromatic rings. The number of allylic oxidation sites excluding steroid dienone is 1. The minimum atomic E-state index is -0.0707. The Balaban J connectivity index is 1.19. The number of fused-ring (bicyclic) bond motifs is 5. The van der Waals surface area contributed by atoms with Gasteiger partial charge >= 0.3 is 5.91 Å². The van der Waals surface area contributed by atoms with Gasteiger partial charge in [0.25, 0.3) is 0 Å². The molecule has 0 aromatic carbocycles. The zero-order valence-corrected chi connectivity index (χ0v) is 28.7. The number of nitrogens with one attached hydrogen (secondary N) is 1. The molecule has 1 aliphatic heterocycles. The molecular weight excluding hydrogens is 530 g/mol. The van der Waals surface area contributed by atoms with Crippen molar-refractivity contribution in [3.05, 3.63) is 12.2 Å². The highest BCUT2D eigenvalue weighted by Crippen LogP contribution is 2.75. The molecule has 1 saturated heterocycles. The maximum atomic E-state index is 13.1. The monoisotopic (exact) mass is 592 g/mol. The molecule has 240 valence electrons. The van der Waals surface area contributed by atoms with Crippen LogP contribution in [0.3, 0.4) is 0 Å². The minimum absolute atomic E-state index is 0.0236. The molecule has 4 aliphatic carbocycles. The van der Waals surface area contributed by atoms with Gasteiger partial charge in [0.05, 0.1) is 12.1 Å². The SMILES string of the molecule is C=C1CC[C@]2(C)[C@H]3CC[C@@]4(C)[C@@H](CC[C@@H]4C(C)=NCC(=O)[N+](=C)CC4CCC(C(=O)CCC(C)C)N4)[C@]3(C)CC[C@@]2(C)C1. The first-order chi connectivity index (χ1) is 20.1. The van der Waals surface area contributed by atoms with Gasteiger partial charge in [-0.15, -0.1) is 0 Å². The van der Waals surface area contributed by atoms with E-state index >= 15 is 0 Å². The number of carbonyl (C=O) groups excluding carboxylic acids is 2. The van der Waals surface area contributed by atoms with Gasteiger partial charge in [-0.1, -0.05) is 53.7 Å². The lowest BCUT2D eigenvalue weighted by molar-refractivity contribution is -0.443. The summed E-state index contributed by atoms with van der Waals surface area (Å²) in [5.74, 6) is 2.80. The fourth-order valence-corrected chi connectivity index (χ4v) is 11.5. The first-order valence-electron chi connectivity index (χ1n) is 17.7. The zero-order valence-electron chi connectivity index (χ0n) is 28.7. The van der Waals surface area contributed by atoms with Gasteiger partial charge in [-0.3, -0.25) is 15.1 Å². The van der Waals surface area contributed by atoms with Crippen LogP contribution >= 0.6 is 0 Å². The highest BCUT2D eigenvalue weighted by atomic mass is 16.2. The van der Waals surface area contributed by atoms with Gasteiger partial charge in [-0.2, -0.15) is 4.58 Å². The Morgan fingerprint density at radius 1 is 0.977 bits per heavy atom. The number of nitrogens with zero attached hydrogens (tertiary/aromatic N) is 2. The molecule has 0 aromatic heterocycles. The third kappa shape index (κ3) is 5.79. The quantitative estimate of drug-likeness (QED) is 0.169. The van der Waals surface area contributed by atoms with Crippen molar-refractivity contribution in [2.45, 2.75) is 144 Å². The molecule has 5 nitrogen and oxygen atoms in total. The van der Waals surface area contributed by atoms with Gasteiger partial charge in [-0.05, 0) is 123 Å². The maximum Gasteiger partial charge on any atom is 0.407 e. The van der Waals surface area contributed by atoms with Crippen molar-refractivity contribution in [3.8, 4) is 0 Å². The first kappa shape index (κ1) is 32.8. The number of aliphatic imine (C=N–C) groups is 1. The van der Waals surface area contributed by atoms with Gasteiger partial charge < -0.3 is 0 Å². The molecule has 0 bridgehead atoms. The van der Waals surface area contributed by atoms with Crippen LogP contribution in [0.2, 0.25) is 0 Å². The molecule has 1 N–H and O–H groups in total. The molecule has 5 fully saturated rings. The van der Waals surface area contributed by atoms with E-state index in [9.17, 15) is 9.59 Å². The van der Waals surface area contributed by atoms with Gasteiger partial charge in [0.1, 0.15) is 12.5 Å². The molecule has 43 heavy (non-hydrogen) atoms. The number of carbonyl (C=O) groups is 2. The van der Waals surface area contributed by atoms with Crippen LogP contribution in [0.15, 0.2) is 17.1 Å². The molecule has 9 atom stereocenters.